The highest BCUT2D eigenvalue weighted by Crippen LogP contribution is 2.47. The second-order valence-electron chi connectivity index (χ2n) is 8.97. The maximum atomic E-state index is 9.75. The summed E-state index contributed by atoms with van der Waals surface area (Å²) in [6.45, 7) is 4.52. The lowest BCUT2D eigenvalue weighted by Crippen LogP contribution is -2.30. The molecule has 142 valence electrons. The van der Waals surface area contributed by atoms with Gasteiger partial charge in [-0.05, 0) is 69.1 Å². The minimum absolute atomic E-state index is 0.0436. The lowest BCUT2D eigenvalue weighted by Gasteiger charge is -2.40. The molecule has 2 aliphatic rings. The van der Waals surface area contributed by atoms with Crippen LogP contribution < -0.4 is 0 Å². The highest BCUT2D eigenvalue weighted by Gasteiger charge is 2.37. The molecule has 0 heterocycles. The van der Waals surface area contributed by atoms with Gasteiger partial charge in [-0.3, -0.25) is 0 Å². The lowest BCUT2D eigenvalue weighted by atomic mass is 9.64. The van der Waals surface area contributed by atoms with E-state index in [1.165, 1.54) is 70.6 Å². The van der Waals surface area contributed by atoms with Crippen molar-refractivity contribution in [2.75, 3.05) is 0 Å². The van der Waals surface area contributed by atoms with Crippen LogP contribution in [0.15, 0.2) is 12.2 Å². The van der Waals surface area contributed by atoms with Gasteiger partial charge in [-0.25, -0.2) is 0 Å². The highest BCUT2D eigenvalue weighted by atomic mass is 14.4. The van der Waals surface area contributed by atoms with Crippen LogP contribution in [-0.2, 0) is 0 Å². The zero-order valence-corrected chi connectivity index (χ0v) is 16.9. The Morgan fingerprint density at radius 3 is 2.16 bits per heavy atom. The Hall–Kier alpha value is -0.770. The third kappa shape index (κ3) is 6.47. The van der Waals surface area contributed by atoms with Crippen LogP contribution in [0.3, 0.4) is 0 Å². The summed E-state index contributed by atoms with van der Waals surface area (Å²) in [6, 6.07) is 2.70. The summed E-state index contributed by atoms with van der Waals surface area (Å²) in [7, 11) is 0. The highest BCUT2D eigenvalue weighted by molar-refractivity contribution is 5.06. The number of nitrogens with zero attached hydrogens (tertiary/aromatic N) is 1. The molecule has 2 fully saturated rings. The number of hydrogen-bond donors (Lipinski definition) is 0. The summed E-state index contributed by atoms with van der Waals surface area (Å²) in [5, 5.41) is 9.75. The minimum Gasteiger partial charge on any atom is -0.198 e. The first-order chi connectivity index (χ1) is 12.2. The molecule has 1 heteroatoms. The van der Waals surface area contributed by atoms with Gasteiger partial charge in [-0.15, -0.1) is 0 Å². The van der Waals surface area contributed by atoms with Crippen molar-refractivity contribution >= 4 is 0 Å². The van der Waals surface area contributed by atoms with Gasteiger partial charge in [0.2, 0.25) is 0 Å². The summed E-state index contributed by atoms with van der Waals surface area (Å²) in [6.07, 6.45) is 24.4. The molecule has 25 heavy (non-hydrogen) atoms. The van der Waals surface area contributed by atoms with Crippen LogP contribution in [0.25, 0.3) is 0 Å². The Morgan fingerprint density at radius 2 is 1.56 bits per heavy atom. The van der Waals surface area contributed by atoms with Crippen LogP contribution in [0.5, 0.6) is 0 Å². The van der Waals surface area contributed by atoms with Gasteiger partial charge in [-0.1, -0.05) is 70.9 Å². The monoisotopic (exact) mass is 343 g/mol. The van der Waals surface area contributed by atoms with Gasteiger partial charge >= 0.3 is 0 Å². The fourth-order valence-electron chi connectivity index (χ4n) is 5.25. The third-order valence-corrected chi connectivity index (χ3v) is 7.13. The standard InChI is InChI=1S/C24H41N/c1-3-5-7-9-17-24(20-25)18-15-23(16-19-24)22-13-11-21(12-14-22)10-8-6-4-2/h7,9,21-23H,3-6,8,10-19H2,1-2H3/b9-7+. The molecule has 2 aliphatic carbocycles. The Balaban J connectivity index is 1.72. The van der Waals surface area contributed by atoms with Crippen molar-refractivity contribution < 1.29 is 0 Å². The van der Waals surface area contributed by atoms with E-state index in [1.807, 2.05) is 0 Å². The predicted octanol–water partition coefficient (Wildman–Crippen LogP) is 7.82. The molecule has 0 spiro atoms. The van der Waals surface area contributed by atoms with E-state index in [2.05, 4.69) is 32.1 Å². The molecule has 0 atom stereocenters. The number of rotatable bonds is 9. The molecule has 0 unspecified atom stereocenters. The van der Waals surface area contributed by atoms with Gasteiger partial charge in [0.25, 0.3) is 0 Å². The van der Waals surface area contributed by atoms with Crippen molar-refractivity contribution in [3.8, 4) is 6.07 Å². The third-order valence-electron chi connectivity index (χ3n) is 7.13. The van der Waals surface area contributed by atoms with E-state index in [0.29, 0.717) is 0 Å². The van der Waals surface area contributed by atoms with Crippen molar-refractivity contribution in [3.63, 3.8) is 0 Å². The molecule has 0 aliphatic heterocycles. The molecule has 0 aromatic rings. The second-order valence-corrected chi connectivity index (χ2v) is 8.97. The van der Waals surface area contributed by atoms with Crippen molar-refractivity contribution in [3.05, 3.63) is 12.2 Å². The molecule has 0 saturated heterocycles. The fraction of sp³-hybridized carbons (Fsp3) is 0.875. The predicted molar refractivity (Wildman–Crippen MR) is 108 cm³/mol. The topological polar surface area (TPSA) is 23.8 Å². The molecule has 0 aromatic heterocycles. The first-order valence-corrected chi connectivity index (χ1v) is 11.3. The molecule has 0 N–H and O–H groups in total. The Labute approximate surface area is 157 Å². The van der Waals surface area contributed by atoms with E-state index in [-0.39, 0.29) is 5.41 Å². The van der Waals surface area contributed by atoms with E-state index in [0.717, 1.165) is 43.4 Å². The molecular formula is C24H41N. The van der Waals surface area contributed by atoms with Gasteiger partial charge in [0.05, 0.1) is 11.5 Å². The van der Waals surface area contributed by atoms with Crippen LogP contribution in [0.4, 0.5) is 0 Å². The molecule has 0 aromatic carbocycles. The smallest absolute Gasteiger partial charge is 0.0693 e. The molecule has 1 nitrogen and oxygen atoms in total. The Kier molecular flexibility index (Phi) is 9.08. The SMILES string of the molecule is CCC/C=C/CC1(C#N)CCC(C2CCC(CCCCC)CC2)CC1. The van der Waals surface area contributed by atoms with Gasteiger partial charge in [-0.2, -0.15) is 5.26 Å². The number of hydrogen-bond acceptors (Lipinski definition) is 1. The van der Waals surface area contributed by atoms with E-state index in [9.17, 15) is 5.26 Å². The maximum Gasteiger partial charge on any atom is 0.0693 e. The Bertz CT molecular complexity index is 414. The molecule has 2 saturated carbocycles. The fourth-order valence-corrected chi connectivity index (χ4v) is 5.25. The summed E-state index contributed by atoms with van der Waals surface area (Å²) in [5.74, 6) is 2.90. The summed E-state index contributed by atoms with van der Waals surface area (Å²) >= 11 is 0. The molecule has 0 amide bonds. The van der Waals surface area contributed by atoms with Crippen molar-refractivity contribution in [1.29, 1.82) is 5.26 Å². The van der Waals surface area contributed by atoms with Gasteiger partial charge < -0.3 is 0 Å². The van der Waals surface area contributed by atoms with E-state index < -0.39 is 0 Å². The molecule has 2 rings (SSSR count). The van der Waals surface area contributed by atoms with E-state index in [1.54, 1.807) is 0 Å². The molecule has 0 radical (unpaired) electrons. The maximum absolute atomic E-state index is 9.75. The summed E-state index contributed by atoms with van der Waals surface area (Å²) < 4.78 is 0. The lowest BCUT2D eigenvalue weighted by molar-refractivity contribution is 0.121. The van der Waals surface area contributed by atoms with Crippen LogP contribution in [0.1, 0.15) is 110 Å². The summed E-state index contributed by atoms with van der Waals surface area (Å²) in [4.78, 5) is 0. The average Bonchev–Trinajstić information content (AvgIpc) is 2.67. The number of nitriles is 1. The summed E-state index contributed by atoms with van der Waals surface area (Å²) in [5.41, 5.74) is -0.0436. The first-order valence-electron chi connectivity index (χ1n) is 11.3. The normalized spacial score (nSPS) is 33.4. The van der Waals surface area contributed by atoms with Crippen molar-refractivity contribution in [2.24, 2.45) is 23.2 Å². The quantitative estimate of drug-likeness (QED) is 0.309. The van der Waals surface area contributed by atoms with Gasteiger partial charge in [0.15, 0.2) is 0 Å². The van der Waals surface area contributed by atoms with Crippen molar-refractivity contribution in [1.82, 2.24) is 0 Å². The number of unbranched alkanes of at least 4 members (excludes halogenated alkanes) is 3. The van der Waals surface area contributed by atoms with Gasteiger partial charge in [0.1, 0.15) is 0 Å². The van der Waals surface area contributed by atoms with Crippen LogP contribution in [0.2, 0.25) is 0 Å². The van der Waals surface area contributed by atoms with Gasteiger partial charge in [0, 0.05) is 0 Å². The second kappa shape index (κ2) is 11.1. The average molecular weight is 344 g/mol. The van der Waals surface area contributed by atoms with Crippen molar-refractivity contribution in [2.45, 2.75) is 110 Å². The van der Waals surface area contributed by atoms with E-state index in [4.69, 9.17) is 0 Å². The zero-order chi connectivity index (χ0) is 18.0. The zero-order valence-electron chi connectivity index (χ0n) is 16.9. The largest absolute Gasteiger partial charge is 0.198 e. The first kappa shape index (κ1) is 20.5. The van der Waals surface area contributed by atoms with Crippen LogP contribution in [-0.4, -0.2) is 0 Å². The number of allylic oxidation sites excluding steroid dienone is 2. The molecule has 0 bridgehead atoms. The van der Waals surface area contributed by atoms with E-state index >= 15 is 0 Å². The van der Waals surface area contributed by atoms with Crippen LogP contribution in [0, 0.1) is 34.5 Å². The minimum atomic E-state index is -0.0436. The van der Waals surface area contributed by atoms with Crippen LogP contribution >= 0.6 is 0 Å². The Morgan fingerprint density at radius 1 is 0.880 bits per heavy atom. The molecular weight excluding hydrogens is 302 g/mol.